The van der Waals surface area contributed by atoms with Crippen molar-refractivity contribution < 1.29 is 13.2 Å². The molecule has 0 heterocycles. The second kappa shape index (κ2) is 5.95. The summed E-state index contributed by atoms with van der Waals surface area (Å²) >= 11 is 0. The summed E-state index contributed by atoms with van der Waals surface area (Å²) in [5.41, 5.74) is -0.181. The molecule has 106 valence electrons. The highest BCUT2D eigenvalue weighted by Gasteiger charge is 2.32. The summed E-state index contributed by atoms with van der Waals surface area (Å²) in [5.74, 6) is 0.670. The molecule has 1 fully saturated rings. The Morgan fingerprint density at radius 1 is 1.21 bits per heavy atom. The van der Waals surface area contributed by atoms with Gasteiger partial charge in [0.05, 0.1) is 5.56 Å². The van der Waals surface area contributed by atoms with E-state index in [2.05, 4.69) is 12.2 Å². The molecular formula is C15H20F3N. The van der Waals surface area contributed by atoms with E-state index in [4.69, 9.17) is 0 Å². The first-order valence-electron chi connectivity index (χ1n) is 6.85. The number of benzene rings is 1. The van der Waals surface area contributed by atoms with Crippen LogP contribution in [-0.4, -0.2) is 6.04 Å². The van der Waals surface area contributed by atoms with Crippen molar-refractivity contribution in [2.24, 2.45) is 5.92 Å². The molecule has 1 aromatic rings. The molecule has 0 aromatic heterocycles. The van der Waals surface area contributed by atoms with Crippen molar-refractivity contribution in [1.29, 1.82) is 0 Å². The summed E-state index contributed by atoms with van der Waals surface area (Å²) in [5, 5.41) is 3.28. The molecule has 0 bridgehead atoms. The Kier molecular flexibility index (Phi) is 4.50. The summed E-state index contributed by atoms with van der Waals surface area (Å²) in [6, 6.07) is 6.16. The maximum atomic E-state index is 12.8. The van der Waals surface area contributed by atoms with Gasteiger partial charge in [-0.05, 0) is 30.4 Å². The molecule has 0 radical (unpaired) electrons. The van der Waals surface area contributed by atoms with E-state index in [1.54, 1.807) is 12.1 Å². The summed E-state index contributed by atoms with van der Waals surface area (Å²) in [4.78, 5) is 0. The SMILES string of the molecule is CC1CCCC(NCc2ccccc2C(F)(F)F)C1. The van der Waals surface area contributed by atoms with E-state index in [0.29, 0.717) is 24.1 Å². The fraction of sp³-hybridized carbons (Fsp3) is 0.600. The lowest BCUT2D eigenvalue weighted by Crippen LogP contribution is -2.33. The zero-order chi connectivity index (χ0) is 13.9. The predicted molar refractivity (Wildman–Crippen MR) is 69.7 cm³/mol. The highest BCUT2D eigenvalue weighted by Crippen LogP contribution is 2.32. The van der Waals surface area contributed by atoms with Gasteiger partial charge in [0.1, 0.15) is 0 Å². The Labute approximate surface area is 112 Å². The summed E-state index contributed by atoms with van der Waals surface area (Å²) in [6.45, 7) is 2.50. The number of hydrogen-bond acceptors (Lipinski definition) is 1. The average molecular weight is 271 g/mol. The predicted octanol–water partition coefficient (Wildman–Crippen LogP) is 4.37. The number of alkyl halides is 3. The second-order valence-corrected chi connectivity index (χ2v) is 5.50. The maximum absolute atomic E-state index is 12.8. The van der Waals surface area contributed by atoms with Crippen molar-refractivity contribution in [3.8, 4) is 0 Å². The van der Waals surface area contributed by atoms with Crippen molar-refractivity contribution in [3.63, 3.8) is 0 Å². The smallest absolute Gasteiger partial charge is 0.310 e. The zero-order valence-corrected chi connectivity index (χ0v) is 11.1. The topological polar surface area (TPSA) is 12.0 Å². The number of rotatable bonds is 3. The van der Waals surface area contributed by atoms with E-state index in [1.165, 1.54) is 18.9 Å². The van der Waals surface area contributed by atoms with E-state index < -0.39 is 11.7 Å². The Hall–Kier alpha value is -1.03. The second-order valence-electron chi connectivity index (χ2n) is 5.50. The fourth-order valence-corrected chi connectivity index (χ4v) is 2.82. The maximum Gasteiger partial charge on any atom is 0.416 e. The van der Waals surface area contributed by atoms with Crippen molar-refractivity contribution >= 4 is 0 Å². The third-order valence-corrected chi connectivity index (χ3v) is 3.84. The summed E-state index contributed by atoms with van der Waals surface area (Å²) in [6.07, 6.45) is 0.266. The molecule has 4 heteroatoms. The van der Waals surface area contributed by atoms with Crippen LogP contribution in [0.5, 0.6) is 0 Å². The molecule has 1 N–H and O–H groups in total. The molecule has 1 aliphatic rings. The van der Waals surface area contributed by atoms with Crippen LogP contribution in [-0.2, 0) is 12.7 Å². The van der Waals surface area contributed by atoms with Crippen LogP contribution >= 0.6 is 0 Å². The number of halogens is 3. The van der Waals surface area contributed by atoms with Gasteiger partial charge < -0.3 is 5.32 Å². The van der Waals surface area contributed by atoms with Crippen molar-refractivity contribution in [2.75, 3.05) is 0 Å². The van der Waals surface area contributed by atoms with Crippen LogP contribution < -0.4 is 5.32 Å². The third kappa shape index (κ3) is 3.96. The van der Waals surface area contributed by atoms with Crippen LogP contribution in [0.2, 0.25) is 0 Å². The third-order valence-electron chi connectivity index (χ3n) is 3.84. The van der Waals surface area contributed by atoms with Crippen LogP contribution in [0.3, 0.4) is 0 Å². The zero-order valence-electron chi connectivity index (χ0n) is 11.1. The van der Waals surface area contributed by atoms with Gasteiger partial charge in [0.25, 0.3) is 0 Å². The van der Waals surface area contributed by atoms with Crippen molar-refractivity contribution in [2.45, 2.75) is 51.4 Å². The number of hydrogen-bond donors (Lipinski definition) is 1. The molecular weight excluding hydrogens is 251 g/mol. The molecule has 2 rings (SSSR count). The van der Waals surface area contributed by atoms with E-state index in [9.17, 15) is 13.2 Å². The van der Waals surface area contributed by atoms with Gasteiger partial charge in [0.15, 0.2) is 0 Å². The van der Waals surface area contributed by atoms with Crippen molar-refractivity contribution in [3.05, 3.63) is 35.4 Å². The van der Waals surface area contributed by atoms with Crippen LogP contribution in [0.1, 0.15) is 43.7 Å². The first-order chi connectivity index (χ1) is 8.97. The Bertz CT molecular complexity index is 414. The molecule has 0 amide bonds. The highest BCUT2D eigenvalue weighted by atomic mass is 19.4. The minimum Gasteiger partial charge on any atom is -0.310 e. The first-order valence-corrected chi connectivity index (χ1v) is 6.85. The van der Waals surface area contributed by atoms with Crippen LogP contribution in [0, 0.1) is 5.92 Å². The van der Waals surface area contributed by atoms with Gasteiger partial charge in [-0.15, -0.1) is 0 Å². The lowest BCUT2D eigenvalue weighted by molar-refractivity contribution is -0.138. The normalized spacial score (nSPS) is 24.4. The monoisotopic (exact) mass is 271 g/mol. The minimum absolute atomic E-state index is 0.299. The first kappa shape index (κ1) is 14.4. The lowest BCUT2D eigenvalue weighted by atomic mass is 9.87. The van der Waals surface area contributed by atoms with Gasteiger partial charge in [-0.25, -0.2) is 0 Å². The Morgan fingerprint density at radius 3 is 2.63 bits per heavy atom. The molecule has 0 spiro atoms. The molecule has 2 atom stereocenters. The van der Waals surface area contributed by atoms with Crippen LogP contribution in [0.4, 0.5) is 13.2 Å². The summed E-state index contributed by atoms with van der Waals surface area (Å²) < 4.78 is 38.5. The van der Waals surface area contributed by atoms with Crippen LogP contribution in [0.25, 0.3) is 0 Å². The van der Waals surface area contributed by atoms with Gasteiger partial charge >= 0.3 is 6.18 Å². The number of nitrogens with one attached hydrogen (secondary N) is 1. The molecule has 19 heavy (non-hydrogen) atoms. The van der Waals surface area contributed by atoms with Gasteiger partial charge in [-0.3, -0.25) is 0 Å². The van der Waals surface area contributed by atoms with E-state index in [1.807, 2.05) is 0 Å². The highest BCUT2D eigenvalue weighted by molar-refractivity contribution is 5.29. The lowest BCUT2D eigenvalue weighted by Gasteiger charge is -2.28. The quantitative estimate of drug-likeness (QED) is 0.860. The van der Waals surface area contributed by atoms with E-state index in [-0.39, 0.29) is 0 Å². The molecule has 1 aliphatic carbocycles. The fourth-order valence-electron chi connectivity index (χ4n) is 2.82. The van der Waals surface area contributed by atoms with E-state index >= 15 is 0 Å². The van der Waals surface area contributed by atoms with Gasteiger partial charge in [-0.2, -0.15) is 13.2 Å². The standard InChI is InChI=1S/C15H20F3N/c1-11-5-4-7-13(9-11)19-10-12-6-2-3-8-14(12)15(16,17)18/h2-3,6,8,11,13,19H,4-5,7,9-10H2,1H3. The van der Waals surface area contributed by atoms with E-state index in [0.717, 1.165) is 18.9 Å². The molecule has 1 saturated carbocycles. The molecule has 0 saturated heterocycles. The van der Waals surface area contributed by atoms with Gasteiger partial charge in [-0.1, -0.05) is 38.0 Å². The molecule has 0 aliphatic heterocycles. The van der Waals surface area contributed by atoms with Gasteiger partial charge in [0, 0.05) is 12.6 Å². The molecule has 2 unspecified atom stereocenters. The Balaban J connectivity index is 1.99. The van der Waals surface area contributed by atoms with Gasteiger partial charge in [0.2, 0.25) is 0 Å². The van der Waals surface area contributed by atoms with Crippen LogP contribution in [0.15, 0.2) is 24.3 Å². The van der Waals surface area contributed by atoms with Crippen molar-refractivity contribution in [1.82, 2.24) is 5.32 Å². The molecule has 1 nitrogen and oxygen atoms in total. The largest absolute Gasteiger partial charge is 0.416 e. The minimum atomic E-state index is -4.27. The Morgan fingerprint density at radius 2 is 1.95 bits per heavy atom. The molecule has 1 aromatic carbocycles. The average Bonchev–Trinajstić information content (AvgIpc) is 2.36. The summed E-state index contributed by atoms with van der Waals surface area (Å²) in [7, 11) is 0.